The van der Waals surface area contributed by atoms with Gasteiger partial charge in [0.2, 0.25) is 0 Å². The van der Waals surface area contributed by atoms with Crippen LogP contribution in [0.4, 0.5) is 0 Å². The molecule has 0 aliphatic carbocycles. The van der Waals surface area contributed by atoms with Gasteiger partial charge in [0, 0.05) is 26.2 Å². The highest BCUT2D eigenvalue weighted by Crippen LogP contribution is 2.16. The Balaban J connectivity index is 5.26. The van der Waals surface area contributed by atoms with Gasteiger partial charge in [0.1, 0.15) is 0 Å². The molecule has 4 heteroatoms. The number of hydrogen-bond donors (Lipinski definition) is 0. The molecule has 19 heavy (non-hydrogen) atoms. The third-order valence-corrected chi connectivity index (χ3v) is 3.91. The number of nitrogens with zero attached hydrogens (tertiary/aromatic N) is 4. The first-order valence-electron chi connectivity index (χ1n) is 8.17. The molecule has 0 bridgehead atoms. The fourth-order valence-electron chi connectivity index (χ4n) is 2.80. The molecule has 0 aromatic rings. The second-order valence-corrected chi connectivity index (χ2v) is 4.71. The molecule has 0 heterocycles. The van der Waals surface area contributed by atoms with Crippen LogP contribution in [0.25, 0.3) is 0 Å². The molecule has 0 aromatic carbocycles. The number of hydrogen-bond acceptors (Lipinski definition) is 4. The predicted octanol–water partition coefficient (Wildman–Crippen LogP) is 2.88. The molecule has 0 saturated carbocycles. The van der Waals surface area contributed by atoms with Gasteiger partial charge in [-0.1, -0.05) is 48.5 Å². The molecule has 0 N–H and O–H groups in total. The van der Waals surface area contributed by atoms with Crippen molar-refractivity contribution in [3.63, 3.8) is 0 Å². The van der Waals surface area contributed by atoms with Gasteiger partial charge >= 0.3 is 0 Å². The smallest absolute Gasteiger partial charge is 0.0918 e. The van der Waals surface area contributed by atoms with Crippen LogP contribution in [0.1, 0.15) is 54.9 Å². The third kappa shape index (κ3) is 5.03. The highest BCUT2D eigenvalue weighted by molar-refractivity contribution is 4.69. The molecule has 0 spiro atoms. The summed E-state index contributed by atoms with van der Waals surface area (Å²) in [5.41, 5.74) is 0. The molecule has 0 fully saturated rings. The maximum absolute atomic E-state index is 2.55. The lowest BCUT2D eigenvalue weighted by Crippen LogP contribution is -2.62. The van der Waals surface area contributed by atoms with Crippen molar-refractivity contribution in [2.24, 2.45) is 0 Å². The molecule has 1 atom stereocenters. The van der Waals surface area contributed by atoms with Crippen molar-refractivity contribution in [2.75, 3.05) is 39.3 Å². The zero-order chi connectivity index (χ0) is 14.8. The van der Waals surface area contributed by atoms with E-state index in [0.29, 0.717) is 6.17 Å². The molecule has 4 nitrogen and oxygen atoms in total. The zero-order valence-corrected chi connectivity index (χ0v) is 14.3. The van der Waals surface area contributed by atoms with Crippen LogP contribution in [0, 0.1) is 0 Å². The molecule has 116 valence electrons. The Labute approximate surface area is 121 Å². The molecular weight excluding hydrogens is 236 g/mol. The van der Waals surface area contributed by atoms with E-state index in [0.717, 1.165) is 45.7 Å². The first-order chi connectivity index (χ1) is 9.14. The fraction of sp³-hybridized carbons (Fsp3) is 1.00. The molecule has 0 aromatic heterocycles. The molecule has 1 unspecified atom stereocenters. The van der Waals surface area contributed by atoms with Crippen molar-refractivity contribution in [1.29, 1.82) is 0 Å². The van der Waals surface area contributed by atoms with E-state index in [-0.39, 0.29) is 0 Å². The summed E-state index contributed by atoms with van der Waals surface area (Å²) in [6.07, 6.45) is 1.61. The average Bonchev–Trinajstić information content (AvgIpc) is 2.45. The average molecular weight is 272 g/mol. The molecular formula is C15H36N4. The normalized spacial score (nSPS) is 14.1. The molecule has 0 saturated heterocycles. The second kappa shape index (κ2) is 10.6. The highest BCUT2D eigenvalue weighted by atomic mass is 15.9. The van der Waals surface area contributed by atoms with Crippen LogP contribution < -0.4 is 0 Å². The van der Waals surface area contributed by atoms with Crippen molar-refractivity contribution in [1.82, 2.24) is 20.0 Å². The highest BCUT2D eigenvalue weighted by Gasteiger charge is 2.29. The lowest BCUT2D eigenvalue weighted by Gasteiger charge is -2.48. The first-order valence-corrected chi connectivity index (χ1v) is 8.17. The van der Waals surface area contributed by atoms with E-state index in [1.165, 1.54) is 0 Å². The summed E-state index contributed by atoms with van der Waals surface area (Å²) < 4.78 is 0. The Hall–Kier alpha value is -0.160. The van der Waals surface area contributed by atoms with Crippen LogP contribution in [0.3, 0.4) is 0 Å². The van der Waals surface area contributed by atoms with Crippen molar-refractivity contribution in [3.05, 3.63) is 0 Å². The quantitative estimate of drug-likeness (QED) is 0.423. The Kier molecular flexibility index (Phi) is 10.5. The van der Waals surface area contributed by atoms with Crippen molar-refractivity contribution in [2.45, 2.75) is 61.1 Å². The van der Waals surface area contributed by atoms with Crippen molar-refractivity contribution >= 4 is 0 Å². The van der Waals surface area contributed by atoms with Gasteiger partial charge in [-0.25, -0.2) is 10.0 Å². The first kappa shape index (κ1) is 18.8. The van der Waals surface area contributed by atoms with Gasteiger partial charge in [0.25, 0.3) is 0 Å². The Morgan fingerprint density at radius 2 is 0.947 bits per heavy atom. The molecule has 0 radical (unpaired) electrons. The van der Waals surface area contributed by atoms with Gasteiger partial charge < -0.3 is 0 Å². The monoisotopic (exact) mass is 272 g/mol. The number of hydrazine groups is 2. The molecule has 0 aliphatic heterocycles. The minimum Gasteiger partial charge on any atom is -0.286 e. The van der Waals surface area contributed by atoms with E-state index in [1.807, 2.05) is 0 Å². The third-order valence-electron chi connectivity index (χ3n) is 3.91. The lowest BCUT2D eigenvalue weighted by atomic mass is 10.3. The molecule has 0 rings (SSSR count). The van der Waals surface area contributed by atoms with Gasteiger partial charge in [0.15, 0.2) is 0 Å². The van der Waals surface area contributed by atoms with Gasteiger partial charge in [-0.05, 0) is 19.5 Å². The summed E-state index contributed by atoms with van der Waals surface area (Å²) in [7, 11) is 0. The number of rotatable bonds is 11. The lowest BCUT2D eigenvalue weighted by molar-refractivity contribution is -0.238. The summed E-state index contributed by atoms with van der Waals surface area (Å²) >= 11 is 0. The largest absolute Gasteiger partial charge is 0.286 e. The van der Waals surface area contributed by atoms with E-state index < -0.39 is 0 Å². The van der Waals surface area contributed by atoms with Gasteiger partial charge in [-0.15, -0.1) is 0 Å². The minimum atomic E-state index is 0.467. The standard InChI is InChI=1S/C15H36N4/c1-8-15(16(9-2)10-3)19(17(11-4)12-5)18(13-6)14-7/h15H,8-14H2,1-7H3. The van der Waals surface area contributed by atoms with Crippen LogP contribution in [-0.4, -0.2) is 65.5 Å². The van der Waals surface area contributed by atoms with Gasteiger partial charge in [-0.2, -0.15) is 5.12 Å². The maximum atomic E-state index is 2.55. The molecule has 0 aliphatic rings. The van der Waals surface area contributed by atoms with Crippen LogP contribution >= 0.6 is 0 Å². The van der Waals surface area contributed by atoms with Crippen molar-refractivity contribution in [3.8, 4) is 0 Å². The minimum absolute atomic E-state index is 0.467. The van der Waals surface area contributed by atoms with Crippen LogP contribution in [0.2, 0.25) is 0 Å². The summed E-state index contributed by atoms with van der Waals surface area (Å²) in [6.45, 7) is 22.2. The Morgan fingerprint density at radius 1 is 0.579 bits per heavy atom. The van der Waals surface area contributed by atoms with E-state index in [1.54, 1.807) is 0 Å². The van der Waals surface area contributed by atoms with E-state index in [2.05, 4.69) is 68.5 Å². The summed E-state index contributed by atoms with van der Waals surface area (Å²) in [5, 5.41) is 7.42. The Bertz CT molecular complexity index is 186. The SMILES string of the molecule is CCC(N(CC)CC)N(N(CC)CC)N(CC)CC. The van der Waals surface area contributed by atoms with Gasteiger partial charge in [0.05, 0.1) is 6.17 Å². The van der Waals surface area contributed by atoms with E-state index in [4.69, 9.17) is 0 Å². The topological polar surface area (TPSA) is 13.0 Å². The fourth-order valence-corrected chi connectivity index (χ4v) is 2.80. The van der Waals surface area contributed by atoms with Gasteiger partial charge in [-0.3, -0.25) is 4.90 Å². The maximum Gasteiger partial charge on any atom is 0.0918 e. The second-order valence-electron chi connectivity index (χ2n) is 4.71. The summed E-state index contributed by atoms with van der Waals surface area (Å²) in [4.78, 5) is 2.55. The van der Waals surface area contributed by atoms with Crippen LogP contribution in [0.15, 0.2) is 0 Å². The summed E-state index contributed by atoms with van der Waals surface area (Å²) in [5.74, 6) is 0. The summed E-state index contributed by atoms with van der Waals surface area (Å²) in [6, 6.07) is 0. The Morgan fingerprint density at radius 3 is 1.16 bits per heavy atom. The zero-order valence-electron chi connectivity index (χ0n) is 14.3. The van der Waals surface area contributed by atoms with Crippen LogP contribution in [0.5, 0.6) is 0 Å². The predicted molar refractivity (Wildman–Crippen MR) is 84.7 cm³/mol. The van der Waals surface area contributed by atoms with E-state index >= 15 is 0 Å². The van der Waals surface area contributed by atoms with Crippen LogP contribution in [-0.2, 0) is 0 Å². The van der Waals surface area contributed by atoms with E-state index in [9.17, 15) is 0 Å². The molecule has 0 amide bonds. The van der Waals surface area contributed by atoms with Crippen molar-refractivity contribution < 1.29 is 0 Å².